The van der Waals surface area contributed by atoms with Crippen LogP contribution in [0.4, 0.5) is 14.6 Å². The number of nitrogens with zero attached hydrogens (tertiary/aromatic N) is 5. The van der Waals surface area contributed by atoms with Crippen molar-refractivity contribution >= 4 is 11.7 Å². The zero-order valence-corrected chi connectivity index (χ0v) is 22.3. The number of carbonyl (C=O) groups excluding carboxylic acids is 1. The van der Waals surface area contributed by atoms with Gasteiger partial charge in [-0.05, 0) is 62.7 Å². The molecule has 198 valence electrons. The van der Waals surface area contributed by atoms with E-state index in [0.29, 0.717) is 12.2 Å². The van der Waals surface area contributed by atoms with Crippen LogP contribution >= 0.6 is 0 Å². The number of piperazine rings is 1. The van der Waals surface area contributed by atoms with E-state index in [0.717, 1.165) is 61.8 Å². The lowest BCUT2D eigenvalue weighted by molar-refractivity contribution is -0.133. The second-order valence-corrected chi connectivity index (χ2v) is 9.78. The van der Waals surface area contributed by atoms with Gasteiger partial charge in [0.15, 0.2) is 0 Å². The number of rotatable bonds is 9. The van der Waals surface area contributed by atoms with Gasteiger partial charge < -0.3 is 14.7 Å². The molecule has 0 radical (unpaired) electrons. The standard InChI is InChI=1S/C29H37F2N5O/c1-5-21(3)35(28(37)18-23-10-12-24(30)13-11-23)20-27-22(4)32-36(26-9-7-8-25(31)19-26)29(27)34-16-14-33(6-2)15-17-34/h7-13,19,21H,5-6,14-18,20H2,1-4H3. The largest absolute Gasteiger partial charge is 0.354 e. The molecule has 1 saturated heterocycles. The van der Waals surface area contributed by atoms with Crippen LogP contribution in [-0.4, -0.2) is 64.3 Å². The molecule has 0 N–H and O–H groups in total. The highest BCUT2D eigenvalue weighted by molar-refractivity contribution is 5.79. The highest BCUT2D eigenvalue weighted by atomic mass is 19.1. The van der Waals surface area contributed by atoms with Gasteiger partial charge in [-0.2, -0.15) is 5.10 Å². The van der Waals surface area contributed by atoms with Crippen molar-refractivity contribution < 1.29 is 13.6 Å². The summed E-state index contributed by atoms with van der Waals surface area (Å²) in [4.78, 5) is 20.2. The Bertz CT molecular complexity index is 1200. The van der Waals surface area contributed by atoms with Crippen LogP contribution in [0.2, 0.25) is 0 Å². The fourth-order valence-electron chi connectivity index (χ4n) is 4.88. The minimum Gasteiger partial charge on any atom is -0.354 e. The van der Waals surface area contributed by atoms with E-state index >= 15 is 0 Å². The van der Waals surface area contributed by atoms with Gasteiger partial charge in [-0.1, -0.05) is 32.0 Å². The molecule has 8 heteroatoms. The summed E-state index contributed by atoms with van der Waals surface area (Å²) in [6.07, 6.45) is 1.00. The Morgan fingerprint density at radius 3 is 2.35 bits per heavy atom. The second kappa shape index (κ2) is 11.9. The number of amides is 1. The molecular formula is C29H37F2N5O. The Morgan fingerprint density at radius 1 is 1.03 bits per heavy atom. The Hall–Kier alpha value is -3.26. The average molecular weight is 510 g/mol. The van der Waals surface area contributed by atoms with E-state index in [1.165, 1.54) is 24.3 Å². The molecule has 4 rings (SSSR count). The fraction of sp³-hybridized carbons (Fsp3) is 0.448. The number of hydrogen-bond acceptors (Lipinski definition) is 4. The summed E-state index contributed by atoms with van der Waals surface area (Å²) in [5.74, 6) is 0.273. The third-order valence-electron chi connectivity index (χ3n) is 7.37. The molecule has 0 bridgehead atoms. The number of anilines is 1. The van der Waals surface area contributed by atoms with Crippen LogP contribution in [0.1, 0.15) is 44.0 Å². The Balaban J connectivity index is 1.71. The quantitative estimate of drug-likeness (QED) is 0.409. The highest BCUT2D eigenvalue weighted by Crippen LogP contribution is 2.31. The topological polar surface area (TPSA) is 44.6 Å². The number of halogens is 2. The van der Waals surface area contributed by atoms with E-state index in [-0.39, 0.29) is 30.0 Å². The lowest BCUT2D eigenvalue weighted by atomic mass is 10.1. The van der Waals surface area contributed by atoms with Crippen molar-refractivity contribution in [1.82, 2.24) is 19.6 Å². The lowest BCUT2D eigenvalue weighted by Gasteiger charge is -2.37. The SMILES string of the molecule is CCC(C)N(Cc1c(C)nn(-c2cccc(F)c2)c1N1CCN(CC)CC1)C(=O)Cc1ccc(F)cc1. The molecule has 1 aliphatic heterocycles. The Kier molecular flexibility index (Phi) is 8.59. The predicted molar refractivity (Wildman–Crippen MR) is 143 cm³/mol. The van der Waals surface area contributed by atoms with Gasteiger partial charge in [0.1, 0.15) is 17.5 Å². The first-order chi connectivity index (χ1) is 17.8. The van der Waals surface area contributed by atoms with E-state index in [1.54, 1.807) is 18.2 Å². The molecule has 6 nitrogen and oxygen atoms in total. The molecule has 1 unspecified atom stereocenters. The molecule has 1 atom stereocenters. The van der Waals surface area contributed by atoms with E-state index < -0.39 is 0 Å². The fourth-order valence-corrected chi connectivity index (χ4v) is 4.88. The first-order valence-electron chi connectivity index (χ1n) is 13.2. The van der Waals surface area contributed by atoms with Crippen LogP contribution in [-0.2, 0) is 17.8 Å². The van der Waals surface area contributed by atoms with E-state index in [4.69, 9.17) is 5.10 Å². The van der Waals surface area contributed by atoms with Crippen molar-refractivity contribution in [3.8, 4) is 5.69 Å². The van der Waals surface area contributed by atoms with Crippen molar-refractivity contribution in [2.75, 3.05) is 37.6 Å². The summed E-state index contributed by atoms with van der Waals surface area (Å²) >= 11 is 0. The average Bonchev–Trinajstić information content (AvgIpc) is 3.23. The maximum atomic E-state index is 14.2. The molecule has 2 heterocycles. The Labute approximate surface area is 218 Å². The first-order valence-corrected chi connectivity index (χ1v) is 13.2. The predicted octanol–water partition coefficient (Wildman–Crippen LogP) is 4.97. The molecule has 1 aliphatic rings. The maximum Gasteiger partial charge on any atom is 0.227 e. The summed E-state index contributed by atoms with van der Waals surface area (Å²) in [6.45, 7) is 13.2. The Morgan fingerprint density at radius 2 is 1.73 bits per heavy atom. The number of benzene rings is 2. The summed E-state index contributed by atoms with van der Waals surface area (Å²) in [5, 5.41) is 4.84. The zero-order valence-electron chi connectivity index (χ0n) is 22.3. The van der Waals surface area contributed by atoms with Gasteiger partial charge in [-0.15, -0.1) is 0 Å². The first kappa shape index (κ1) is 26.8. The van der Waals surface area contributed by atoms with Gasteiger partial charge in [0.05, 0.1) is 24.3 Å². The van der Waals surface area contributed by atoms with Crippen LogP contribution in [0, 0.1) is 18.6 Å². The molecule has 1 amide bonds. The maximum absolute atomic E-state index is 14.2. The van der Waals surface area contributed by atoms with E-state index in [1.807, 2.05) is 22.6 Å². The number of aryl methyl sites for hydroxylation is 1. The van der Waals surface area contributed by atoms with E-state index in [2.05, 4.69) is 30.6 Å². The monoisotopic (exact) mass is 509 g/mol. The summed E-state index contributed by atoms with van der Waals surface area (Å²) in [5.41, 5.74) is 3.24. The van der Waals surface area contributed by atoms with Crippen molar-refractivity contribution in [1.29, 1.82) is 0 Å². The van der Waals surface area contributed by atoms with Crippen molar-refractivity contribution in [2.24, 2.45) is 0 Å². The number of likely N-dealkylation sites (N-methyl/N-ethyl adjacent to an activating group) is 1. The van der Waals surface area contributed by atoms with Crippen LogP contribution in [0.5, 0.6) is 0 Å². The van der Waals surface area contributed by atoms with Crippen molar-refractivity contribution in [3.63, 3.8) is 0 Å². The normalized spacial score (nSPS) is 15.1. The molecule has 0 saturated carbocycles. The molecule has 3 aromatic rings. The van der Waals surface area contributed by atoms with Gasteiger partial charge in [-0.3, -0.25) is 4.79 Å². The number of hydrogen-bond donors (Lipinski definition) is 0. The van der Waals surface area contributed by atoms with E-state index in [9.17, 15) is 13.6 Å². The summed E-state index contributed by atoms with van der Waals surface area (Å²) in [7, 11) is 0. The highest BCUT2D eigenvalue weighted by Gasteiger charge is 2.29. The third-order valence-corrected chi connectivity index (χ3v) is 7.37. The molecule has 37 heavy (non-hydrogen) atoms. The molecular weight excluding hydrogens is 472 g/mol. The van der Waals surface area contributed by atoms with Crippen LogP contribution in [0.15, 0.2) is 48.5 Å². The van der Waals surface area contributed by atoms with Gasteiger partial charge in [0, 0.05) is 37.8 Å². The van der Waals surface area contributed by atoms with Gasteiger partial charge >= 0.3 is 0 Å². The zero-order chi connectivity index (χ0) is 26.5. The molecule has 2 aromatic carbocycles. The summed E-state index contributed by atoms with van der Waals surface area (Å²) < 4.78 is 29.4. The lowest BCUT2D eigenvalue weighted by Crippen LogP contribution is -2.47. The minimum atomic E-state index is -0.316. The van der Waals surface area contributed by atoms with Crippen LogP contribution in [0.25, 0.3) is 5.69 Å². The van der Waals surface area contributed by atoms with Crippen molar-refractivity contribution in [2.45, 2.75) is 53.1 Å². The third kappa shape index (κ3) is 6.18. The smallest absolute Gasteiger partial charge is 0.227 e. The van der Waals surface area contributed by atoms with Crippen LogP contribution in [0.3, 0.4) is 0 Å². The van der Waals surface area contributed by atoms with Gasteiger partial charge in [0.2, 0.25) is 5.91 Å². The molecule has 0 spiro atoms. The van der Waals surface area contributed by atoms with Crippen molar-refractivity contribution in [3.05, 3.63) is 77.0 Å². The molecule has 1 aromatic heterocycles. The second-order valence-electron chi connectivity index (χ2n) is 9.78. The number of aromatic nitrogens is 2. The summed E-state index contributed by atoms with van der Waals surface area (Å²) in [6, 6.07) is 12.6. The minimum absolute atomic E-state index is 0.00894. The molecule has 1 fully saturated rings. The van der Waals surface area contributed by atoms with Gasteiger partial charge in [0.25, 0.3) is 0 Å². The van der Waals surface area contributed by atoms with Gasteiger partial charge in [-0.25, -0.2) is 13.5 Å². The molecule has 0 aliphatic carbocycles. The number of carbonyl (C=O) groups is 1. The van der Waals surface area contributed by atoms with Crippen LogP contribution < -0.4 is 4.90 Å².